The first-order chi connectivity index (χ1) is 4.45. The molecule has 0 bridgehead atoms. The summed E-state index contributed by atoms with van der Waals surface area (Å²) in [5.74, 6) is -1.32. The van der Waals surface area contributed by atoms with E-state index in [-0.39, 0.29) is 5.75 Å². The van der Waals surface area contributed by atoms with Crippen LogP contribution >= 0.6 is 12.6 Å². The minimum absolute atomic E-state index is 0.0833. The van der Waals surface area contributed by atoms with E-state index in [1.165, 1.54) is 6.92 Å². The lowest BCUT2D eigenvalue weighted by molar-refractivity contribution is -0.146. The highest BCUT2D eigenvalue weighted by atomic mass is 32.1. The van der Waals surface area contributed by atoms with Gasteiger partial charge in [-0.1, -0.05) is 0 Å². The van der Waals surface area contributed by atoms with Gasteiger partial charge in [0.15, 0.2) is 0 Å². The highest BCUT2D eigenvalue weighted by Crippen LogP contribution is 2.08. The Hall–Kier alpha value is -0.260. The summed E-state index contributed by atoms with van der Waals surface area (Å²) in [4.78, 5) is 10.4. The molecule has 0 fully saturated rings. The van der Waals surface area contributed by atoms with Gasteiger partial charge >= 0.3 is 5.97 Å². The molecule has 5 heteroatoms. The number of carboxylic acids is 1. The molecule has 10 heavy (non-hydrogen) atoms. The highest BCUT2D eigenvalue weighted by molar-refractivity contribution is 7.80. The van der Waals surface area contributed by atoms with Crippen molar-refractivity contribution in [1.82, 2.24) is 0 Å². The van der Waals surface area contributed by atoms with E-state index < -0.39 is 17.6 Å². The van der Waals surface area contributed by atoms with E-state index in [4.69, 9.17) is 15.9 Å². The first-order valence-corrected chi connectivity index (χ1v) is 3.39. The van der Waals surface area contributed by atoms with E-state index in [1.807, 2.05) is 0 Å². The number of hydrogen-bond donors (Lipinski definition) is 4. The molecule has 0 rings (SSSR count). The normalized spacial score (nSPS) is 19.6. The number of carbonyl (C=O) groups is 1. The molecule has 0 aliphatic heterocycles. The number of aliphatic carboxylic acids is 1. The maximum absolute atomic E-state index is 10.4. The summed E-state index contributed by atoms with van der Waals surface area (Å²) in [6.07, 6.45) is -1.09. The van der Waals surface area contributed by atoms with Crippen molar-refractivity contribution in [2.24, 2.45) is 5.73 Å². The molecule has 0 amide bonds. The number of hydrogen-bond acceptors (Lipinski definition) is 4. The van der Waals surface area contributed by atoms with Crippen LogP contribution in [0.4, 0.5) is 0 Å². The molecule has 0 spiro atoms. The first-order valence-electron chi connectivity index (χ1n) is 2.76. The molecular formula is C5H11NO3S. The topological polar surface area (TPSA) is 83.5 Å². The molecule has 0 aromatic heterocycles. The van der Waals surface area contributed by atoms with Crippen LogP contribution in [0.1, 0.15) is 6.92 Å². The smallest absolute Gasteiger partial charge is 0.327 e. The Balaban J connectivity index is 4.38. The van der Waals surface area contributed by atoms with Crippen LogP contribution in [-0.2, 0) is 4.79 Å². The van der Waals surface area contributed by atoms with Gasteiger partial charge in [-0.25, -0.2) is 0 Å². The quantitative estimate of drug-likeness (QED) is 0.407. The predicted molar refractivity (Wildman–Crippen MR) is 40.1 cm³/mol. The highest BCUT2D eigenvalue weighted by Gasteiger charge is 2.37. The number of aliphatic hydroxyl groups is 1. The number of rotatable bonds is 3. The molecule has 0 aromatic carbocycles. The van der Waals surface area contributed by atoms with Gasteiger partial charge in [0.1, 0.15) is 5.54 Å². The van der Waals surface area contributed by atoms with Crippen LogP contribution in [0.25, 0.3) is 0 Å². The second kappa shape index (κ2) is 3.23. The summed E-state index contributed by atoms with van der Waals surface area (Å²) >= 11 is 3.71. The molecule has 0 saturated carbocycles. The Morgan fingerprint density at radius 3 is 2.30 bits per heavy atom. The van der Waals surface area contributed by atoms with Gasteiger partial charge in [-0.2, -0.15) is 12.6 Å². The lowest BCUT2D eigenvalue weighted by atomic mass is 9.98. The molecule has 4 N–H and O–H groups in total. The third-order valence-electron chi connectivity index (χ3n) is 1.41. The Kier molecular flexibility index (Phi) is 3.14. The Labute approximate surface area is 64.4 Å². The van der Waals surface area contributed by atoms with Crippen molar-refractivity contribution < 1.29 is 15.0 Å². The van der Waals surface area contributed by atoms with E-state index in [0.29, 0.717) is 0 Å². The van der Waals surface area contributed by atoms with Crippen LogP contribution in [0.2, 0.25) is 0 Å². The first kappa shape index (κ1) is 9.74. The van der Waals surface area contributed by atoms with Gasteiger partial charge < -0.3 is 15.9 Å². The maximum atomic E-state index is 10.4. The standard InChI is InChI=1S/C5H11NO3S/c1-3(7)5(6,2-10)4(8)9/h3,7,10H,2,6H2,1H3,(H,8,9)/t3-,5?/m0/s1. The van der Waals surface area contributed by atoms with Crippen molar-refractivity contribution in [1.29, 1.82) is 0 Å². The van der Waals surface area contributed by atoms with Crippen molar-refractivity contribution in [3.05, 3.63) is 0 Å². The van der Waals surface area contributed by atoms with Crippen molar-refractivity contribution in [2.75, 3.05) is 5.75 Å². The molecule has 0 aliphatic rings. The fourth-order valence-corrected chi connectivity index (χ4v) is 0.778. The maximum Gasteiger partial charge on any atom is 0.327 e. The molecule has 0 heterocycles. The van der Waals surface area contributed by atoms with Crippen LogP contribution in [0.5, 0.6) is 0 Å². The SMILES string of the molecule is C[C@H](O)C(N)(CS)C(=O)O. The second-order valence-corrected chi connectivity index (χ2v) is 2.50. The number of carboxylic acid groups (broad SMARTS) is 1. The minimum Gasteiger partial charge on any atom is -0.480 e. The monoisotopic (exact) mass is 165 g/mol. The van der Waals surface area contributed by atoms with Gasteiger partial charge in [0, 0.05) is 5.75 Å². The summed E-state index contributed by atoms with van der Waals surface area (Å²) in [5, 5.41) is 17.4. The van der Waals surface area contributed by atoms with Crippen molar-refractivity contribution in [3.63, 3.8) is 0 Å². The van der Waals surface area contributed by atoms with Crippen LogP contribution < -0.4 is 5.73 Å². The zero-order valence-corrected chi connectivity index (χ0v) is 6.51. The zero-order valence-electron chi connectivity index (χ0n) is 5.61. The molecule has 0 radical (unpaired) electrons. The van der Waals surface area contributed by atoms with Crippen LogP contribution in [-0.4, -0.2) is 33.6 Å². The number of aliphatic hydroxyl groups excluding tert-OH is 1. The van der Waals surface area contributed by atoms with Gasteiger partial charge in [-0.15, -0.1) is 0 Å². The van der Waals surface area contributed by atoms with Gasteiger partial charge in [0.05, 0.1) is 6.10 Å². The number of nitrogens with two attached hydrogens (primary N) is 1. The Morgan fingerprint density at radius 1 is 1.90 bits per heavy atom. The molecule has 0 saturated heterocycles. The largest absolute Gasteiger partial charge is 0.480 e. The average Bonchev–Trinajstić information content (AvgIpc) is 1.85. The van der Waals surface area contributed by atoms with E-state index in [2.05, 4.69) is 12.6 Å². The summed E-state index contributed by atoms with van der Waals surface area (Å²) in [6.45, 7) is 1.32. The second-order valence-electron chi connectivity index (χ2n) is 2.18. The van der Waals surface area contributed by atoms with E-state index >= 15 is 0 Å². The van der Waals surface area contributed by atoms with E-state index in [0.717, 1.165) is 0 Å². The summed E-state index contributed by atoms with van der Waals surface area (Å²) in [6, 6.07) is 0. The molecule has 0 aromatic rings. The molecule has 0 aliphatic carbocycles. The number of thiol groups is 1. The Morgan fingerprint density at radius 2 is 2.30 bits per heavy atom. The average molecular weight is 165 g/mol. The lowest BCUT2D eigenvalue weighted by Gasteiger charge is -2.25. The third-order valence-corrected chi connectivity index (χ3v) is 1.93. The van der Waals surface area contributed by atoms with Crippen LogP contribution in [0.15, 0.2) is 0 Å². The van der Waals surface area contributed by atoms with Gasteiger partial charge in [0.25, 0.3) is 0 Å². The van der Waals surface area contributed by atoms with Crippen molar-refractivity contribution in [2.45, 2.75) is 18.6 Å². The van der Waals surface area contributed by atoms with Gasteiger partial charge in [-0.3, -0.25) is 4.79 Å². The van der Waals surface area contributed by atoms with E-state index in [1.54, 1.807) is 0 Å². The molecular weight excluding hydrogens is 154 g/mol. The van der Waals surface area contributed by atoms with Crippen LogP contribution in [0.3, 0.4) is 0 Å². The van der Waals surface area contributed by atoms with Crippen molar-refractivity contribution in [3.8, 4) is 0 Å². The molecule has 4 nitrogen and oxygen atoms in total. The minimum atomic E-state index is -1.62. The Bertz CT molecular complexity index is 139. The molecule has 1 unspecified atom stereocenters. The summed E-state index contributed by atoms with van der Waals surface area (Å²) in [5.41, 5.74) is 3.64. The summed E-state index contributed by atoms with van der Waals surface area (Å²) in [7, 11) is 0. The third kappa shape index (κ3) is 1.62. The molecule has 60 valence electrons. The van der Waals surface area contributed by atoms with Crippen LogP contribution in [0, 0.1) is 0 Å². The fourth-order valence-electron chi connectivity index (χ4n) is 0.378. The predicted octanol–water partition coefficient (Wildman–Crippen LogP) is -0.921. The lowest BCUT2D eigenvalue weighted by Crippen LogP contribution is -2.57. The van der Waals surface area contributed by atoms with Gasteiger partial charge in [-0.05, 0) is 6.92 Å². The zero-order chi connectivity index (χ0) is 8.36. The van der Waals surface area contributed by atoms with E-state index in [9.17, 15) is 4.79 Å². The summed E-state index contributed by atoms with van der Waals surface area (Å²) < 4.78 is 0. The van der Waals surface area contributed by atoms with Gasteiger partial charge in [0.2, 0.25) is 0 Å². The fraction of sp³-hybridized carbons (Fsp3) is 0.800. The van der Waals surface area contributed by atoms with Crippen molar-refractivity contribution >= 4 is 18.6 Å². The molecule has 2 atom stereocenters.